The van der Waals surface area contributed by atoms with Crippen LogP contribution in [0.1, 0.15) is 16.1 Å². The van der Waals surface area contributed by atoms with E-state index in [1.54, 1.807) is 66.7 Å². The van der Waals surface area contributed by atoms with Crippen molar-refractivity contribution < 1.29 is 23.5 Å². The summed E-state index contributed by atoms with van der Waals surface area (Å²) < 4.78 is 10.5. The molecule has 4 rings (SSSR count). The Labute approximate surface area is 170 Å². The molecule has 7 heteroatoms. The van der Waals surface area contributed by atoms with Gasteiger partial charge in [-0.1, -0.05) is 30.3 Å². The molecule has 0 aliphatic carbocycles. The minimum Gasteiger partial charge on any atom is -0.465 e. The van der Waals surface area contributed by atoms with Gasteiger partial charge in [-0.3, -0.25) is 9.59 Å². The van der Waals surface area contributed by atoms with Crippen molar-refractivity contribution in [1.29, 1.82) is 0 Å². The van der Waals surface area contributed by atoms with Gasteiger partial charge < -0.3 is 9.15 Å². The maximum atomic E-state index is 12.7. The number of para-hydroxylation sites is 1. The van der Waals surface area contributed by atoms with E-state index in [9.17, 15) is 14.4 Å². The topological polar surface area (TPSA) is 76.8 Å². The molecule has 1 fully saturated rings. The van der Waals surface area contributed by atoms with Crippen molar-refractivity contribution in [3.63, 3.8) is 0 Å². The highest BCUT2D eigenvalue weighted by Gasteiger charge is 2.36. The summed E-state index contributed by atoms with van der Waals surface area (Å²) in [5, 5.41) is -0.349. The first-order valence-corrected chi connectivity index (χ1v) is 9.50. The van der Waals surface area contributed by atoms with Crippen LogP contribution in [-0.2, 0) is 9.53 Å². The molecule has 0 saturated carbocycles. The average molecular weight is 405 g/mol. The van der Waals surface area contributed by atoms with Gasteiger partial charge in [0.1, 0.15) is 11.5 Å². The third kappa shape index (κ3) is 3.72. The summed E-state index contributed by atoms with van der Waals surface area (Å²) in [6.45, 7) is 0. The Balaban J connectivity index is 1.56. The minimum atomic E-state index is -0.411. The fourth-order valence-electron chi connectivity index (χ4n) is 2.87. The van der Waals surface area contributed by atoms with Gasteiger partial charge in [-0.2, -0.15) is 0 Å². The van der Waals surface area contributed by atoms with Crippen molar-refractivity contribution in [3.8, 4) is 11.3 Å². The lowest BCUT2D eigenvalue weighted by Gasteiger charge is -2.11. The highest BCUT2D eigenvalue weighted by molar-refractivity contribution is 8.19. The molecular weight excluding hydrogens is 390 g/mol. The lowest BCUT2D eigenvalue weighted by Crippen LogP contribution is -2.27. The van der Waals surface area contributed by atoms with E-state index in [0.29, 0.717) is 27.7 Å². The molecule has 6 nitrogen and oxygen atoms in total. The van der Waals surface area contributed by atoms with Crippen LogP contribution >= 0.6 is 11.8 Å². The van der Waals surface area contributed by atoms with Gasteiger partial charge in [-0.15, -0.1) is 0 Å². The van der Waals surface area contributed by atoms with Crippen LogP contribution in [0.3, 0.4) is 0 Å². The third-order valence-electron chi connectivity index (χ3n) is 4.30. The standard InChI is InChI=1S/C22H15NO5S/c1-27-21(25)15-9-7-14(8-10-15)18-12-11-17(28-18)13-19-20(24)23(22(26)29-19)16-5-3-2-4-6-16/h2-13H,1H3/b19-13+. The maximum Gasteiger partial charge on any atom is 0.337 e. The van der Waals surface area contributed by atoms with E-state index in [2.05, 4.69) is 4.74 Å². The van der Waals surface area contributed by atoms with E-state index < -0.39 is 5.97 Å². The Hall–Kier alpha value is -3.58. The number of anilines is 1. The number of ether oxygens (including phenoxy) is 1. The van der Waals surface area contributed by atoms with E-state index in [1.807, 2.05) is 6.07 Å². The van der Waals surface area contributed by atoms with Gasteiger partial charge in [0.15, 0.2) is 0 Å². The maximum absolute atomic E-state index is 12.7. The van der Waals surface area contributed by atoms with E-state index in [1.165, 1.54) is 7.11 Å². The number of benzene rings is 2. The van der Waals surface area contributed by atoms with Gasteiger partial charge in [-0.25, -0.2) is 9.69 Å². The minimum absolute atomic E-state index is 0.292. The third-order valence-corrected chi connectivity index (χ3v) is 5.17. The zero-order valence-electron chi connectivity index (χ0n) is 15.3. The fraction of sp³-hybridized carbons (Fsp3) is 0.0455. The number of amides is 2. The Kier molecular flexibility index (Phi) is 5.05. The highest BCUT2D eigenvalue weighted by Crippen LogP contribution is 2.36. The summed E-state index contributed by atoms with van der Waals surface area (Å²) >= 11 is 0.871. The number of hydrogen-bond acceptors (Lipinski definition) is 6. The smallest absolute Gasteiger partial charge is 0.337 e. The Morgan fingerprint density at radius 2 is 1.72 bits per heavy atom. The lowest BCUT2D eigenvalue weighted by molar-refractivity contribution is -0.113. The molecule has 1 saturated heterocycles. The summed E-state index contributed by atoms with van der Waals surface area (Å²) in [7, 11) is 1.33. The van der Waals surface area contributed by atoms with Crippen LogP contribution in [0.5, 0.6) is 0 Å². The zero-order valence-corrected chi connectivity index (χ0v) is 16.1. The molecule has 0 atom stereocenters. The molecular formula is C22H15NO5S. The number of thioether (sulfide) groups is 1. The molecule has 2 aromatic carbocycles. The number of nitrogens with zero attached hydrogens (tertiary/aromatic N) is 1. The Morgan fingerprint density at radius 1 is 1.00 bits per heavy atom. The second-order valence-electron chi connectivity index (χ2n) is 6.12. The zero-order chi connectivity index (χ0) is 20.4. The monoisotopic (exact) mass is 405 g/mol. The molecule has 2 heterocycles. The van der Waals surface area contributed by atoms with Gasteiger partial charge in [0.05, 0.1) is 23.3 Å². The number of carbonyl (C=O) groups is 3. The predicted octanol–water partition coefficient (Wildman–Crippen LogP) is 4.97. The number of methoxy groups -OCH3 is 1. The van der Waals surface area contributed by atoms with E-state index >= 15 is 0 Å². The first-order chi connectivity index (χ1) is 14.1. The number of furan rings is 1. The Bertz CT molecular complexity index is 1120. The van der Waals surface area contributed by atoms with Crippen LogP contribution in [0.4, 0.5) is 10.5 Å². The van der Waals surface area contributed by atoms with E-state index in [-0.39, 0.29) is 11.1 Å². The van der Waals surface area contributed by atoms with Gasteiger partial charge in [0.25, 0.3) is 11.1 Å². The summed E-state index contributed by atoms with van der Waals surface area (Å²) in [6, 6.07) is 19.1. The highest BCUT2D eigenvalue weighted by atomic mass is 32.2. The lowest BCUT2D eigenvalue weighted by atomic mass is 10.1. The van der Waals surface area contributed by atoms with Crippen LogP contribution in [0.15, 0.2) is 76.1 Å². The summed E-state index contributed by atoms with van der Waals surface area (Å²) in [5.41, 5.74) is 1.75. The van der Waals surface area contributed by atoms with Gasteiger partial charge >= 0.3 is 5.97 Å². The van der Waals surface area contributed by atoms with Crippen LogP contribution < -0.4 is 4.90 Å². The average Bonchev–Trinajstić information content (AvgIpc) is 3.32. The second kappa shape index (κ2) is 7.81. The summed E-state index contributed by atoms with van der Waals surface area (Å²) in [6.07, 6.45) is 1.56. The Morgan fingerprint density at radius 3 is 2.41 bits per heavy atom. The number of rotatable bonds is 4. The summed E-state index contributed by atoms with van der Waals surface area (Å²) in [4.78, 5) is 37.9. The molecule has 29 heavy (non-hydrogen) atoms. The molecule has 144 valence electrons. The normalized spacial score (nSPS) is 15.2. The van der Waals surface area contributed by atoms with Crippen molar-refractivity contribution in [2.75, 3.05) is 12.0 Å². The van der Waals surface area contributed by atoms with Crippen molar-refractivity contribution in [2.45, 2.75) is 0 Å². The van der Waals surface area contributed by atoms with Crippen molar-refractivity contribution in [1.82, 2.24) is 0 Å². The number of imide groups is 1. The summed E-state index contributed by atoms with van der Waals surface area (Å²) in [5.74, 6) is 0.239. The molecule has 0 unspecified atom stereocenters. The molecule has 1 aliphatic heterocycles. The number of hydrogen-bond donors (Lipinski definition) is 0. The molecule has 0 N–H and O–H groups in total. The quantitative estimate of drug-likeness (QED) is 0.450. The van der Waals surface area contributed by atoms with Gasteiger partial charge in [0.2, 0.25) is 0 Å². The van der Waals surface area contributed by atoms with Crippen molar-refractivity contribution in [3.05, 3.63) is 83.0 Å². The van der Waals surface area contributed by atoms with Crippen LogP contribution in [-0.4, -0.2) is 24.2 Å². The molecule has 1 aromatic heterocycles. The van der Waals surface area contributed by atoms with E-state index in [4.69, 9.17) is 4.42 Å². The molecule has 2 amide bonds. The molecule has 0 radical (unpaired) electrons. The van der Waals surface area contributed by atoms with Gasteiger partial charge in [0, 0.05) is 11.6 Å². The molecule has 0 bridgehead atoms. The van der Waals surface area contributed by atoms with Gasteiger partial charge in [-0.05, 0) is 48.2 Å². The van der Waals surface area contributed by atoms with Crippen LogP contribution in [0, 0.1) is 0 Å². The van der Waals surface area contributed by atoms with Crippen LogP contribution in [0.25, 0.3) is 17.4 Å². The largest absolute Gasteiger partial charge is 0.465 e. The molecule has 3 aromatic rings. The SMILES string of the molecule is COC(=O)c1ccc(-c2ccc(/C=C3/SC(=O)N(c4ccccc4)C3=O)o2)cc1. The van der Waals surface area contributed by atoms with Crippen molar-refractivity contribution in [2.24, 2.45) is 0 Å². The first kappa shape index (κ1) is 18.8. The number of carbonyl (C=O) groups excluding carboxylic acids is 3. The second-order valence-corrected chi connectivity index (χ2v) is 7.12. The molecule has 1 aliphatic rings. The number of esters is 1. The molecule has 0 spiro atoms. The van der Waals surface area contributed by atoms with Crippen LogP contribution in [0.2, 0.25) is 0 Å². The van der Waals surface area contributed by atoms with Crippen molar-refractivity contribution >= 4 is 40.6 Å². The predicted molar refractivity (Wildman–Crippen MR) is 110 cm³/mol. The first-order valence-electron chi connectivity index (χ1n) is 8.68. The van der Waals surface area contributed by atoms with E-state index in [0.717, 1.165) is 22.2 Å². The fourth-order valence-corrected chi connectivity index (χ4v) is 3.69.